The molecule has 0 radical (unpaired) electrons. The monoisotopic (exact) mass is 760 g/mol. The molecule has 2 heterocycles. The average Bonchev–Trinajstić information content (AvgIpc) is 3.71. The molecular formula is C45H52N4O5S. The van der Waals surface area contributed by atoms with Gasteiger partial charge in [-0.2, -0.15) is 0 Å². The Morgan fingerprint density at radius 3 is 2.05 bits per heavy atom. The van der Waals surface area contributed by atoms with Crippen LogP contribution in [0.15, 0.2) is 103 Å². The van der Waals surface area contributed by atoms with Crippen molar-refractivity contribution in [2.24, 2.45) is 0 Å². The lowest BCUT2D eigenvalue weighted by Crippen LogP contribution is -2.53. The van der Waals surface area contributed by atoms with Gasteiger partial charge in [0, 0.05) is 40.7 Å². The van der Waals surface area contributed by atoms with E-state index in [1.165, 1.54) is 37.0 Å². The first kappa shape index (κ1) is 40.8. The highest BCUT2D eigenvalue weighted by Gasteiger charge is 2.32. The topological polar surface area (TPSA) is 131 Å². The van der Waals surface area contributed by atoms with Crippen LogP contribution in [0, 0.1) is 0 Å². The highest BCUT2D eigenvalue weighted by molar-refractivity contribution is 7.14. The Morgan fingerprint density at radius 1 is 0.782 bits per heavy atom. The lowest BCUT2D eigenvalue weighted by molar-refractivity contribution is -0.142. The van der Waals surface area contributed by atoms with E-state index in [4.69, 9.17) is 4.74 Å². The predicted octanol–water partition coefficient (Wildman–Crippen LogP) is 9.23. The maximum atomic E-state index is 13.9. The van der Waals surface area contributed by atoms with Gasteiger partial charge >= 0.3 is 5.97 Å². The first-order valence-electron chi connectivity index (χ1n) is 19.1. The number of thiophene rings is 1. The van der Waals surface area contributed by atoms with Crippen LogP contribution in [0.3, 0.4) is 0 Å². The van der Waals surface area contributed by atoms with Gasteiger partial charge in [-0.15, -0.1) is 11.3 Å². The van der Waals surface area contributed by atoms with Crippen LogP contribution in [0.1, 0.15) is 98.3 Å². The summed E-state index contributed by atoms with van der Waals surface area (Å²) < 4.78 is 5.91. The number of nitrogens with one attached hydrogen (secondary N) is 2. The van der Waals surface area contributed by atoms with E-state index in [1.807, 2.05) is 84.9 Å². The summed E-state index contributed by atoms with van der Waals surface area (Å²) in [5, 5.41) is 15.7. The molecule has 3 aromatic carbocycles. The number of amides is 2. The van der Waals surface area contributed by atoms with E-state index < -0.39 is 35.8 Å². The Kier molecular flexibility index (Phi) is 14.3. The molecule has 0 aliphatic heterocycles. The molecule has 0 spiro atoms. The third-order valence-corrected chi connectivity index (χ3v) is 11.1. The molecule has 2 amide bonds. The second-order valence-electron chi connectivity index (χ2n) is 14.9. The summed E-state index contributed by atoms with van der Waals surface area (Å²) in [6, 6.07) is 26.1. The molecule has 0 aliphatic rings. The number of hydrogen-bond acceptors (Lipinski definition) is 7. The Bertz CT molecular complexity index is 1990. The molecular weight excluding hydrogens is 709 g/mol. The van der Waals surface area contributed by atoms with Gasteiger partial charge in [-0.25, -0.2) is 14.8 Å². The molecule has 0 aliphatic carbocycles. The van der Waals surface area contributed by atoms with Gasteiger partial charge in [0.15, 0.2) is 5.82 Å². The molecule has 9 nitrogen and oxygen atoms in total. The zero-order valence-corrected chi connectivity index (χ0v) is 33.2. The Labute approximate surface area is 328 Å². The molecule has 5 rings (SSSR count). The van der Waals surface area contributed by atoms with Gasteiger partial charge in [0.2, 0.25) is 5.91 Å². The van der Waals surface area contributed by atoms with E-state index in [0.29, 0.717) is 10.7 Å². The zero-order chi connectivity index (χ0) is 39.4. The molecule has 5 aromatic rings. The molecule has 0 bridgehead atoms. The number of nitrogens with zero attached hydrogens (tertiary/aromatic N) is 2. The summed E-state index contributed by atoms with van der Waals surface area (Å²) >= 11 is 1.38. The molecule has 2 aromatic heterocycles. The molecule has 3 atom stereocenters. The van der Waals surface area contributed by atoms with Gasteiger partial charge in [0.05, 0.1) is 11.5 Å². The number of benzene rings is 3. The first-order chi connectivity index (χ1) is 26.4. The number of unbranched alkanes of at least 4 members (excludes halogenated alkanes) is 4. The first-order valence-corrected chi connectivity index (χ1v) is 19.9. The van der Waals surface area contributed by atoms with Crippen molar-refractivity contribution in [3.05, 3.63) is 124 Å². The van der Waals surface area contributed by atoms with Gasteiger partial charge in [-0.05, 0) is 52.8 Å². The number of aromatic nitrogens is 2. The van der Waals surface area contributed by atoms with Crippen molar-refractivity contribution in [2.75, 3.05) is 6.61 Å². The Balaban J connectivity index is 1.27. The highest BCUT2D eigenvalue weighted by Crippen LogP contribution is 2.30. The van der Waals surface area contributed by atoms with E-state index in [-0.39, 0.29) is 11.8 Å². The van der Waals surface area contributed by atoms with Crippen molar-refractivity contribution < 1.29 is 24.2 Å². The van der Waals surface area contributed by atoms with E-state index in [1.54, 1.807) is 25.4 Å². The van der Waals surface area contributed by atoms with Crippen LogP contribution in [0.5, 0.6) is 5.75 Å². The second-order valence-corrected chi connectivity index (χ2v) is 16.0. The number of rotatable bonds is 18. The van der Waals surface area contributed by atoms with Gasteiger partial charge in [0.1, 0.15) is 17.8 Å². The lowest BCUT2D eigenvalue weighted by Gasteiger charge is -2.25. The van der Waals surface area contributed by atoms with Gasteiger partial charge in [0.25, 0.3) is 5.91 Å². The van der Waals surface area contributed by atoms with Gasteiger partial charge in [-0.1, -0.05) is 127 Å². The summed E-state index contributed by atoms with van der Waals surface area (Å²) in [6.45, 7) is 10.9. The number of carbonyl (C=O) groups is 3. The SMILES string of the molecule is CCCCCCCOc1ccc(-c2cnc(-c3ccc(C[C@H](NC(=O)c4ccc(C(C)(C)C)s4)C(=O)NC(C(=O)O)[C@H](C)c4ccccc4)cc3)nc2)cc1. The number of carbonyl (C=O) groups excluding carboxylic acids is 2. The van der Waals surface area contributed by atoms with Crippen molar-refractivity contribution in [3.63, 3.8) is 0 Å². The number of hydrogen-bond donors (Lipinski definition) is 3. The van der Waals surface area contributed by atoms with Crippen LogP contribution in [0.4, 0.5) is 0 Å². The summed E-state index contributed by atoms with van der Waals surface area (Å²) in [5.74, 6) is -1.25. The summed E-state index contributed by atoms with van der Waals surface area (Å²) in [5.41, 5.74) is 4.08. The molecule has 0 saturated carbocycles. The molecule has 3 N–H and O–H groups in total. The molecule has 10 heteroatoms. The Hall–Kier alpha value is -5.35. The van der Waals surface area contributed by atoms with Crippen molar-refractivity contribution in [2.45, 2.75) is 96.6 Å². The van der Waals surface area contributed by atoms with E-state index in [9.17, 15) is 19.5 Å². The molecule has 55 heavy (non-hydrogen) atoms. The third kappa shape index (κ3) is 11.6. The van der Waals surface area contributed by atoms with Crippen LogP contribution in [0.25, 0.3) is 22.5 Å². The average molecular weight is 761 g/mol. The van der Waals surface area contributed by atoms with Crippen molar-refractivity contribution in [1.82, 2.24) is 20.6 Å². The van der Waals surface area contributed by atoms with Crippen LogP contribution in [-0.2, 0) is 21.4 Å². The predicted molar refractivity (Wildman–Crippen MR) is 220 cm³/mol. The maximum absolute atomic E-state index is 13.9. The minimum Gasteiger partial charge on any atom is -0.494 e. The van der Waals surface area contributed by atoms with Gasteiger partial charge < -0.3 is 20.5 Å². The van der Waals surface area contributed by atoms with E-state index >= 15 is 0 Å². The standard InChI is InChI=1S/C45H52N4O5S/c1-6-7-8-9-13-26-54-36-22-20-33(21-23-36)35-28-46-41(47-29-35)34-18-16-31(17-19-34)27-37(48-43(51)38-24-25-39(55-38)45(3,4)5)42(50)49-40(44(52)53)30(2)32-14-11-10-12-15-32/h10-12,14-25,28-30,37,40H,6-9,13,26-27H2,1-5H3,(H,48,51)(H,49,50)(H,52,53)/t30-,37+,40?/m1/s1. The second kappa shape index (κ2) is 19.3. The Morgan fingerprint density at radius 2 is 1.44 bits per heavy atom. The molecule has 288 valence electrons. The number of carboxylic acid groups (broad SMARTS) is 1. The molecule has 0 saturated heterocycles. The minimum atomic E-state index is -1.21. The van der Waals surface area contributed by atoms with Crippen LogP contribution in [-0.4, -0.2) is 51.5 Å². The fourth-order valence-corrected chi connectivity index (χ4v) is 7.16. The summed E-state index contributed by atoms with van der Waals surface area (Å²) in [7, 11) is 0. The summed E-state index contributed by atoms with van der Waals surface area (Å²) in [6.07, 6.45) is 9.71. The van der Waals surface area contributed by atoms with Crippen LogP contribution < -0.4 is 15.4 Å². The quantitative estimate of drug-likeness (QED) is 0.0760. The number of aliphatic carboxylic acids is 1. The smallest absolute Gasteiger partial charge is 0.326 e. The fourth-order valence-electron chi connectivity index (χ4n) is 6.20. The summed E-state index contributed by atoms with van der Waals surface area (Å²) in [4.78, 5) is 50.5. The molecule has 1 unspecified atom stereocenters. The minimum absolute atomic E-state index is 0.137. The van der Waals surface area contributed by atoms with Crippen LogP contribution >= 0.6 is 11.3 Å². The van der Waals surface area contributed by atoms with Crippen molar-refractivity contribution >= 4 is 29.1 Å². The van der Waals surface area contributed by atoms with E-state index in [2.05, 4.69) is 48.3 Å². The third-order valence-electron chi connectivity index (χ3n) is 9.59. The molecule has 0 fully saturated rings. The number of carboxylic acids is 1. The fraction of sp³-hybridized carbons (Fsp3) is 0.356. The normalized spacial score (nSPS) is 13.0. The van der Waals surface area contributed by atoms with Crippen molar-refractivity contribution in [1.29, 1.82) is 0 Å². The number of ether oxygens (including phenoxy) is 1. The van der Waals surface area contributed by atoms with E-state index in [0.717, 1.165) is 51.5 Å². The maximum Gasteiger partial charge on any atom is 0.326 e. The lowest BCUT2D eigenvalue weighted by atomic mass is 9.92. The largest absolute Gasteiger partial charge is 0.494 e. The zero-order valence-electron chi connectivity index (χ0n) is 32.4. The van der Waals surface area contributed by atoms with Crippen LogP contribution in [0.2, 0.25) is 0 Å². The van der Waals surface area contributed by atoms with Gasteiger partial charge in [-0.3, -0.25) is 9.59 Å². The highest BCUT2D eigenvalue weighted by atomic mass is 32.1. The van der Waals surface area contributed by atoms with Crippen molar-refractivity contribution in [3.8, 4) is 28.3 Å².